The third-order valence-corrected chi connectivity index (χ3v) is 5.51. The van der Waals surface area contributed by atoms with Crippen LogP contribution in [0.2, 0.25) is 0 Å². The number of carbonyl (C=O) groups excluding carboxylic acids is 1. The van der Waals surface area contributed by atoms with Crippen LogP contribution in [-0.2, 0) is 6.54 Å². The third kappa shape index (κ3) is 2.47. The summed E-state index contributed by atoms with van der Waals surface area (Å²) in [7, 11) is 0. The molecule has 26 heavy (non-hydrogen) atoms. The van der Waals surface area contributed by atoms with Crippen LogP contribution >= 0.6 is 11.3 Å². The summed E-state index contributed by atoms with van der Waals surface area (Å²) in [4.78, 5) is 24.7. The fraction of sp³-hybridized carbons (Fsp3) is 0.294. The van der Waals surface area contributed by atoms with E-state index in [0.717, 1.165) is 22.2 Å². The molecule has 5 rings (SSSR count). The highest BCUT2D eigenvalue weighted by atomic mass is 32.1. The highest BCUT2D eigenvalue weighted by molar-refractivity contribution is 7.14. The maximum Gasteiger partial charge on any atom is 0.262 e. The number of anilines is 2. The zero-order chi connectivity index (χ0) is 17.7. The molecule has 5 heterocycles. The minimum Gasteiger partial charge on any atom is -0.354 e. The lowest BCUT2D eigenvalue weighted by molar-refractivity contribution is 0.0997. The van der Waals surface area contributed by atoms with Crippen LogP contribution in [0.15, 0.2) is 36.2 Å². The van der Waals surface area contributed by atoms with Gasteiger partial charge in [0.25, 0.3) is 5.91 Å². The normalized spacial score (nSPS) is 19.4. The van der Waals surface area contributed by atoms with Crippen LogP contribution in [0.25, 0.3) is 5.69 Å². The number of rotatable bonds is 3. The van der Waals surface area contributed by atoms with Crippen molar-refractivity contribution in [2.75, 3.05) is 22.9 Å². The standard InChI is InChI=1S/C17H15FN6OS/c18-11-3-4-22(7-11)15-2-1-12(5-20-15)24-8-13-14(21-24)9-23(17(13)25)16-6-19-10-26-16/h1-2,5-6,8,10-11H,3-4,7,9H2/t11-/m0/s1. The van der Waals surface area contributed by atoms with E-state index in [-0.39, 0.29) is 5.91 Å². The van der Waals surface area contributed by atoms with E-state index in [0.29, 0.717) is 31.6 Å². The minimum absolute atomic E-state index is 0.0638. The molecule has 0 bridgehead atoms. The first-order valence-electron chi connectivity index (χ1n) is 8.33. The first-order valence-corrected chi connectivity index (χ1v) is 9.21. The predicted molar refractivity (Wildman–Crippen MR) is 95.7 cm³/mol. The summed E-state index contributed by atoms with van der Waals surface area (Å²) in [6.07, 6.45) is 4.90. The predicted octanol–water partition coefficient (Wildman–Crippen LogP) is 2.43. The van der Waals surface area contributed by atoms with E-state index in [9.17, 15) is 9.18 Å². The number of fused-ring (bicyclic) bond motifs is 1. The maximum atomic E-state index is 13.3. The van der Waals surface area contributed by atoms with E-state index in [4.69, 9.17) is 0 Å². The molecule has 0 unspecified atom stereocenters. The molecule has 0 N–H and O–H groups in total. The van der Waals surface area contributed by atoms with Gasteiger partial charge in [-0.2, -0.15) is 5.10 Å². The molecule has 3 aromatic rings. The van der Waals surface area contributed by atoms with Crippen molar-refractivity contribution in [2.45, 2.75) is 19.1 Å². The number of hydrogen-bond donors (Lipinski definition) is 0. The molecule has 1 saturated heterocycles. The Morgan fingerprint density at radius 3 is 2.85 bits per heavy atom. The molecule has 7 nitrogen and oxygen atoms in total. The molecule has 9 heteroatoms. The fourth-order valence-corrected chi connectivity index (χ4v) is 3.98. The van der Waals surface area contributed by atoms with Crippen molar-refractivity contribution in [3.8, 4) is 5.69 Å². The lowest BCUT2D eigenvalue weighted by atomic mass is 10.3. The quantitative estimate of drug-likeness (QED) is 0.708. The van der Waals surface area contributed by atoms with Gasteiger partial charge < -0.3 is 4.90 Å². The number of aromatic nitrogens is 4. The van der Waals surface area contributed by atoms with Crippen molar-refractivity contribution in [1.82, 2.24) is 19.7 Å². The van der Waals surface area contributed by atoms with Crippen LogP contribution in [-0.4, -0.2) is 44.9 Å². The molecule has 1 fully saturated rings. The lowest BCUT2D eigenvalue weighted by Gasteiger charge is -2.16. The van der Waals surface area contributed by atoms with Gasteiger partial charge in [-0.15, -0.1) is 11.3 Å². The van der Waals surface area contributed by atoms with Crippen LogP contribution in [0, 0.1) is 0 Å². The van der Waals surface area contributed by atoms with Gasteiger partial charge in [-0.1, -0.05) is 0 Å². The zero-order valence-electron chi connectivity index (χ0n) is 13.7. The number of nitrogens with zero attached hydrogens (tertiary/aromatic N) is 6. The van der Waals surface area contributed by atoms with Crippen LogP contribution in [0.4, 0.5) is 15.2 Å². The Hall–Kier alpha value is -2.81. The summed E-state index contributed by atoms with van der Waals surface area (Å²) >= 11 is 1.43. The number of thiazole rings is 1. The molecule has 0 aliphatic carbocycles. The van der Waals surface area contributed by atoms with E-state index in [1.807, 2.05) is 17.0 Å². The van der Waals surface area contributed by atoms with E-state index in [1.54, 1.807) is 33.7 Å². The van der Waals surface area contributed by atoms with Gasteiger partial charge in [0.05, 0.1) is 47.9 Å². The molecule has 0 aromatic carbocycles. The topological polar surface area (TPSA) is 67.2 Å². The van der Waals surface area contributed by atoms with Crippen molar-refractivity contribution < 1.29 is 9.18 Å². The first-order chi connectivity index (χ1) is 12.7. The number of amides is 1. The Kier molecular flexibility index (Phi) is 3.49. The molecule has 2 aliphatic heterocycles. The van der Waals surface area contributed by atoms with Crippen LogP contribution in [0.1, 0.15) is 22.5 Å². The smallest absolute Gasteiger partial charge is 0.262 e. The lowest BCUT2D eigenvalue weighted by Crippen LogP contribution is -2.23. The van der Waals surface area contributed by atoms with Gasteiger partial charge in [0.2, 0.25) is 0 Å². The number of halogens is 1. The van der Waals surface area contributed by atoms with Gasteiger partial charge in [-0.05, 0) is 18.6 Å². The molecular weight excluding hydrogens is 355 g/mol. The average Bonchev–Trinajstić information content (AvgIpc) is 3.41. The van der Waals surface area contributed by atoms with Crippen molar-refractivity contribution in [2.24, 2.45) is 0 Å². The molecule has 3 aromatic heterocycles. The van der Waals surface area contributed by atoms with Crippen molar-refractivity contribution in [3.63, 3.8) is 0 Å². The van der Waals surface area contributed by atoms with E-state index < -0.39 is 6.17 Å². The summed E-state index contributed by atoms with van der Waals surface area (Å²) in [6, 6.07) is 3.76. The fourth-order valence-electron chi connectivity index (χ4n) is 3.35. The second-order valence-electron chi connectivity index (χ2n) is 6.37. The second-order valence-corrected chi connectivity index (χ2v) is 7.24. The number of pyridine rings is 1. The Labute approximate surface area is 152 Å². The third-order valence-electron chi connectivity index (χ3n) is 4.71. The molecule has 0 spiro atoms. The highest BCUT2D eigenvalue weighted by Crippen LogP contribution is 2.30. The van der Waals surface area contributed by atoms with Gasteiger partial charge in [0, 0.05) is 12.7 Å². The summed E-state index contributed by atoms with van der Waals surface area (Å²) in [5.41, 5.74) is 3.82. The Morgan fingerprint density at radius 2 is 2.19 bits per heavy atom. The zero-order valence-corrected chi connectivity index (χ0v) is 14.6. The van der Waals surface area contributed by atoms with Gasteiger partial charge in [-0.3, -0.25) is 14.7 Å². The van der Waals surface area contributed by atoms with Gasteiger partial charge >= 0.3 is 0 Å². The summed E-state index contributed by atoms with van der Waals surface area (Å²) in [6.45, 7) is 1.52. The molecule has 132 valence electrons. The van der Waals surface area contributed by atoms with E-state index in [2.05, 4.69) is 15.1 Å². The van der Waals surface area contributed by atoms with Crippen LogP contribution in [0.5, 0.6) is 0 Å². The van der Waals surface area contributed by atoms with Gasteiger partial charge in [0.15, 0.2) is 0 Å². The molecule has 0 radical (unpaired) electrons. The van der Waals surface area contributed by atoms with E-state index >= 15 is 0 Å². The maximum absolute atomic E-state index is 13.3. The number of alkyl halides is 1. The molecule has 0 saturated carbocycles. The van der Waals surface area contributed by atoms with Crippen molar-refractivity contribution in [1.29, 1.82) is 0 Å². The molecule has 1 amide bonds. The Morgan fingerprint density at radius 1 is 1.27 bits per heavy atom. The monoisotopic (exact) mass is 370 g/mol. The number of hydrogen-bond acceptors (Lipinski definition) is 6. The average molecular weight is 370 g/mol. The largest absolute Gasteiger partial charge is 0.354 e. The number of carbonyl (C=O) groups is 1. The minimum atomic E-state index is -0.780. The van der Waals surface area contributed by atoms with Crippen molar-refractivity contribution in [3.05, 3.63) is 47.5 Å². The Bertz CT molecular complexity index is 954. The molecular formula is C17H15FN6OS. The first kappa shape index (κ1) is 15.4. The second kappa shape index (κ2) is 5.87. The summed E-state index contributed by atoms with van der Waals surface area (Å²) in [5, 5.41) is 5.36. The SMILES string of the molecule is O=C1c2cn(-c3ccc(N4CC[C@H](F)C4)nc3)nc2CN1c1cncs1. The van der Waals surface area contributed by atoms with Crippen molar-refractivity contribution >= 4 is 28.1 Å². The Balaban J connectivity index is 1.37. The van der Waals surface area contributed by atoms with Crippen LogP contribution in [0.3, 0.4) is 0 Å². The molecule has 1 atom stereocenters. The summed E-state index contributed by atoms with van der Waals surface area (Å²) < 4.78 is 15.0. The molecule has 2 aliphatic rings. The van der Waals surface area contributed by atoms with Gasteiger partial charge in [0.1, 0.15) is 17.0 Å². The summed E-state index contributed by atoms with van der Waals surface area (Å²) in [5.74, 6) is 0.701. The van der Waals surface area contributed by atoms with Crippen LogP contribution < -0.4 is 9.80 Å². The van der Waals surface area contributed by atoms with Gasteiger partial charge in [-0.25, -0.2) is 14.1 Å². The highest BCUT2D eigenvalue weighted by Gasteiger charge is 2.32. The van der Waals surface area contributed by atoms with E-state index in [1.165, 1.54) is 11.3 Å².